The summed E-state index contributed by atoms with van der Waals surface area (Å²) in [5, 5.41) is 6.35. The third-order valence-electron chi connectivity index (χ3n) is 3.82. The number of H-pyrrole nitrogens is 1. The van der Waals surface area contributed by atoms with Crippen LogP contribution in [-0.2, 0) is 11.2 Å². The molecular formula is C14H24N4O. The highest BCUT2D eigenvalue weighted by molar-refractivity contribution is 5.85. The van der Waals surface area contributed by atoms with Crippen LogP contribution < -0.4 is 10.6 Å². The van der Waals surface area contributed by atoms with Gasteiger partial charge in [0, 0.05) is 45.1 Å². The van der Waals surface area contributed by atoms with Crippen LogP contribution in [-0.4, -0.2) is 54.1 Å². The van der Waals surface area contributed by atoms with Crippen molar-refractivity contribution in [3.05, 3.63) is 24.0 Å². The van der Waals surface area contributed by atoms with Crippen molar-refractivity contribution in [3.63, 3.8) is 0 Å². The van der Waals surface area contributed by atoms with Crippen LogP contribution >= 0.6 is 0 Å². The van der Waals surface area contributed by atoms with E-state index in [9.17, 15) is 4.79 Å². The maximum absolute atomic E-state index is 12.3. The van der Waals surface area contributed by atoms with E-state index in [0.717, 1.165) is 32.6 Å². The first-order chi connectivity index (χ1) is 9.10. The summed E-state index contributed by atoms with van der Waals surface area (Å²) in [6, 6.07) is 2.04. The highest BCUT2D eigenvalue weighted by atomic mass is 16.2. The molecule has 19 heavy (non-hydrogen) atoms. The second-order valence-corrected chi connectivity index (χ2v) is 5.52. The zero-order chi connectivity index (χ0) is 13.7. The van der Waals surface area contributed by atoms with Gasteiger partial charge in [0.25, 0.3) is 0 Å². The first-order valence-electron chi connectivity index (χ1n) is 6.96. The molecule has 106 valence electrons. The Balaban J connectivity index is 1.80. The summed E-state index contributed by atoms with van der Waals surface area (Å²) in [6.07, 6.45) is 4.74. The molecule has 1 aliphatic rings. The van der Waals surface area contributed by atoms with Gasteiger partial charge in [-0.05, 0) is 31.9 Å². The molecule has 5 nitrogen and oxygen atoms in total. The van der Waals surface area contributed by atoms with Crippen LogP contribution in [0, 0.1) is 0 Å². The van der Waals surface area contributed by atoms with Gasteiger partial charge in [-0.25, -0.2) is 0 Å². The molecule has 0 bridgehead atoms. The highest BCUT2D eigenvalue weighted by Crippen LogP contribution is 2.15. The van der Waals surface area contributed by atoms with E-state index in [0.29, 0.717) is 6.54 Å². The van der Waals surface area contributed by atoms with Gasteiger partial charge in [-0.1, -0.05) is 0 Å². The van der Waals surface area contributed by atoms with Gasteiger partial charge in [-0.2, -0.15) is 0 Å². The van der Waals surface area contributed by atoms with Crippen LogP contribution in [0.1, 0.15) is 19.4 Å². The summed E-state index contributed by atoms with van der Waals surface area (Å²) in [5.41, 5.74) is 0.792. The molecule has 0 unspecified atom stereocenters. The number of carbonyl (C=O) groups is 1. The minimum atomic E-state index is -0.430. The second kappa shape index (κ2) is 6.21. The molecule has 5 heteroatoms. The average molecular weight is 264 g/mol. The lowest BCUT2D eigenvalue weighted by Gasteiger charge is -2.39. The van der Waals surface area contributed by atoms with E-state index in [4.69, 9.17) is 0 Å². The molecule has 3 N–H and O–H groups in total. The van der Waals surface area contributed by atoms with Crippen molar-refractivity contribution >= 4 is 5.91 Å². The predicted molar refractivity (Wildman–Crippen MR) is 76.0 cm³/mol. The Kier molecular flexibility index (Phi) is 4.61. The lowest BCUT2D eigenvalue weighted by atomic mass is 10.0. The maximum Gasteiger partial charge on any atom is 0.239 e. The molecule has 1 amide bonds. The number of rotatable bonds is 5. The molecule has 0 aliphatic carbocycles. The Morgan fingerprint density at radius 2 is 2.16 bits per heavy atom. The van der Waals surface area contributed by atoms with Crippen LogP contribution in [0.2, 0.25) is 0 Å². The molecular weight excluding hydrogens is 240 g/mol. The number of aromatic amines is 1. The Hall–Kier alpha value is -1.33. The number of aromatic nitrogens is 1. The Morgan fingerprint density at radius 3 is 2.79 bits per heavy atom. The van der Waals surface area contributed by atoms with E-state index in [2.05, 4.69) is 20.5 Å². The van der Waals surface area contributed by atoms with Crippen LogP contribution in [0.15, 0.2) is 18.5 Å². The van der Waals surface area contributed by atoms with Gasteiger partial charge in [0.05, 0.1) is 5.54 Å². The van der Waals surface area contributed by atoms with E-state index < -0.39 is 5.54 Å². The van der Waals surface area contributed by atoms with Crippen molar-refractivity contribution in [2.75, 3.05) is 32.7 Å². The summed E-state index contributed by atoms with van der Waals surface area (Å²) in [7, 11) is 0. The van der Waals surface area contributed by atoms with Gasteiger partial charge in [-0.15, -0.1) is 0 Å². The van der Waals surface area contributed by atoms with Crippen LogP contribution in [0.25, 0.3) is 0 Å². The number of piperazine rings is 1. The van der Waals surface area contributed by atoms with E-state index >= 15 is 0 Å². The first-order valence-corrected chi connectivity index (χ1v) is 6.96. The molecule has 0 atom stereocenters. The fourth-order valence-corrected chi connectivity index (χ4v) is 2.42. The molecule has 0 saturated carbocycles. The summed E-state index contributed by atoms with van der Waals surface area (Å²) in [5.74, 6) is 0.116. The Bertz CT molecular complexity index is 394. The third-order valence-corrected chi connectivity index (χ3v) is 3.82. The van der Waals surface area contributed by atoms with Crippen molar-refractivity contribution in [3.8, 4) is 0 Å². The van der Waals surface area contributed by atoms with Crippen molar-refractivity contribution in [1.29, 1.82) is 0 Å². The summed E-state index contributed by atoms with van der Waals surface area (Å²) < 4.78 is 0. The van der Waals surface area contributed by atoms with Gasteiger partial charge in [0.2, 0.25) is 5.91 Å². The molecule has 0 radical (unpaired) electrons. The topological polar surface area (TPSA) is 60.2 Å². The Labute approximate surface area is 114 Å². The number of carbonyl (C=O) groups excluding carboxylic acids is 1. The normalized spacial score (nSPS) is 17.4. The van der Waals surface area contributed by atoms with Crippen LogP contribution in [0.4, 0.5) is 0 Å². The molecule has 1 fully saturated rings. The monoisotopic (exact) mass is 264 g/mol. The SMILES string of the molecule is CC(C)(C(=O)NCCc1cc[nH]c1)N1CCNCC1. The number of nitrogens with one attached hydrogen (secondary N) is 3. The first kappa shape index (κ1) is 14.1. The fraction of sp³-hybridized carbons (Fsp3) is 0.643. The summed E-state index contributed by atoms with van der Waals surface area (Å²) in [4.78, 5) is 17.6. The minimum absolute atomic E-state index is 0.116. The van der Waals surface area contributed by atoms with Crippen LogP contribution in [0.5, 0.6) is 0 Å². The van der Waals surface area contributed by atoms with Gasteiger partial charge in [-0.3, -0.25) is 9.69 Å². The number of amides is 1. The molecule has 1 saturated heterocycles. The lowest BCUT2D eigenvalue weighted by Crippen LogP contribution is -2.60. The summed E-state index contributed by atoms with van der Waals surface area (Å²) in [6.45, 7) is 8.47. The minimum Gasteiger partial charge on any atom is -0.367 e. The zero-order valence-corrected chi connectivity index (χ0v) is 11.8. The largest absolute Gasteiger partial charge is 0.367 e. The standard InChI is InChI=1S/C14H24N4O/c1-14(2,18-9-7-15-8-10-18)13(19)17-6-4-12-3-5-16-11-12/h3,5,11,15-16H,4,6-10H2,1-2H3,(H,17,19). The van der Waals surface area contributed by atoms with Crippen molar-refractivity contribution in [2.45, 2.75) is 25.8 Å². The van der Waals surface area contributed by atoms with Crippen molar-refractivity contribution < 1.29 is 4.79 Å². The van der Waals surface area contributed by atoms with Gasteiger partial charge in [0.1, 0.15) is 0 Å². The molecule has 0 spiro atoms. The third kappa shape index (κ3) is 3.58. The molecule has 1 aromatic heterocycles. The second-order valence-electron chi connectivity index (χ2n) is 5.52. The highest BCUT2D eigenvalue weighted by Gasteiger charge is 2.34. The smallest absolute Gasteiger partial charge is 0.239 e. The van der Waals surface area contributed by atoms with E-state index in [1.807, 2.05) is 32.3 Å². The van der Waals surface area contributed by atoms with Crippen molar-refractivity contribution in [2.24, 2.45) is 0 Å². The maximum atomic E-state index is 12.3. The quantitative estimate of drug-likeness (QED) is 0.719. The molecule has 0 aromatic carbocycles. The average Bonchev–Trinajstić information content (AvgIpc) is 2.93. The predicted octanol–water partition coefficient (Wildman–Crippen LogP) is 0.357. The molecule has 1 aromatic rings. The van der Waals surface area contributed by atoms with E-state index in [1.165, 1.54) is 5.56 Å². The molecule has 2 rings (SSSR count). The number of hydrogen-bond donors (Lipinski definition) is 3. The van der Waals surface area contributed by atoms with E-state index in [-0.39, 0.29) is 5.91 Å². The Morgan fingerprint density at radius 1 is 1.42 bits per heavy atom. The number of nitrogens with zero attached hydrogens (tertiary/aromatic N) is 1. The summed E-state index contributed by atoms with van der Waals surface area (Å²) >= 11 is 0. The van der Waals surface area contributed by atoms with Gasteiger partial charge in [0.15, 0.2) is 0 Å². The van der Waals surface area contributed by atoms with Crippen LogP contribution in [0.3, 0.4) is 0 Å². The zero-order valence-electron chi connectivity index (χ0n) is 11.8. The molecule has 1 aliphatic heterocycles. The number of hydrogen-bond acceptors (Lipinski definition) is 3. The van der Waals surface area contributed by atoms with Gasteiger partial charge >= 0.3 is 0 Å². The van der Waals surface area contributed by atoms with E-state index in [1.54, 1.807) is 0 Å². The van der Waals surface area contributed by atoms with Gasteiger partial charge < -0.3 is 15.6 Å². The van der Waals surface area contributed by atoms with Crippen molar-refractivity contribution in [1.82, 2.24) is 20.5 Å². The molecule has 2 heterocycles. The lowest BCUT2D eigenvalue weighted by molar-refractivity contribution is -0.132. The fourth-order valence-electron chi connectivity index (χ4n) is 2.42.